The van der Waals surface area contributed by atoms with Crippen LogP contribution in [0.25, 0.3) is 0 Å². The first-order valence-corrected chi connectivity index (χ1v) is 8.15. The van der Waals surface area contributed by atoms with E-state index in [4.69, 9.17) is 9.05 Å². The molecule has 21 heavy (non-hydrogen) atoms. The lowest BCUT2D eigenvalue weighted by Crippen LogP contribution is -2.16. The van der Waals surface area contributed by atoms with Gasteiger partial charge in [-0.15, -0.1) is 0 Å². The minimum Gasteiger partial charge on any atom is -0.432 e. The highest BCUT2D eigenvalue weighted by molar-refractivity contribution is 7.52. The molecule has 0 fully saturated rings. The number of carbonyl (C=O) groups excluding carboxylic acids is 2. The number of hydrogen-bond donors (Lipinski definition) is 0. The third-order valence-corrected chi connectivity index (χ3v) is 2.74. The fraction of sp³-hybridized carbons (Fsp3) is 0.818. The van der Waals surface area contributed by atoms with Crippen LogP contribution in [0.1, 0.15) is 27.7 Å². The lowest BCUT2D eigenvalue weighted by molar-refractivity contribution is -0.0293. The SMILES string of the molecule is CC(C)OC(=O)OCOP(C)(=O)OCOC(=O)OC(C)C. The van der Waals surface area contributed by atoms with Gasteiger partial charge in [0.2, 0.25) is 13.6 Å². The highest BCUT2D eigenvalue weighted by Gasteiger charge is 2.20. The molecule has 0 radical (unpaired) electrons. The Balaban J connectivity index is 3.86. The molecule has 0 bridgehead atoms. The number of carbonyl (C=O) groups is 2. The normalized spacial score (nSPS) is 11.4. The van der Waals surface area contributed by atoms with E-state index in [1.165, 1.54) is 0 Å². The fourth-order valence-electron chi connectivity index (χ4n) is 0.831. The van der Waals surface area contributed by atoms with Crippen LogP contribution in [0.4, 0.5) is 9.59 Å². The predicted molar refractivity (Wildman–Crippen MR) is 70.8 cm³/mol. The van der Waals surface area contributed by atoms with Crippen LogP contribution in [0.15, 0.2) is 0 Å². The van der Waals surface area contributed by atoms with Gasteiger partial charge in [0.05, 0.1) is 12.2 Å². The van der Waals surface area contributed by atoms with Crippen molar-refractivity contribution in [1.29, 1.82) is 0 Å². The average Bonchev–Trinajstić information content (AvgIpc) is 2.25. The summed E-state index contributed by atoms with van der Waals surface area (Å²) < 4.78 is 39.5. The highest BCUT2D eigenvalue weighted by Crippen LogP contribution is 2.43. The summed E-state index contributed by atoms with van der Waals surface area (Å²) in [6, 6.07) is 0. The summed E-state index contributed by atoms with van der Waals surface area (Å²) in [5, 5.41) is 0. The van der Waals surface area contributed by atoms with Crippen LogP contribution in [0, 0.1) is 0 Å². The van der Waals surface area contributed by atoms with E-state index in [-0.39, 0.29) is 12.2 Å². The van der Waals surface area contributed by atoms with Crippen molar-refractivity contribution in [2.75, 3.05) is 20.3 Å². The Labute approximate surface area is 123 Å². The van der Waals surface area contributed by atoms with E-state index in [1.54, 1.807) is 27.7 Å². The van der Waals surface area contributed by atoms with Crippen molar-refractivity contribution in [3.8, 4) is 0 Å². The Morgan fingerprint density at radius 3 is 1.48 bits per heavy atom. The van der Waals surface area contributed by atoms with Crippen LogP contribution in [0.5, 0.6) is 0 Å². The van der Waals surface area contributed by atoms with Crippen LogP contribution in [0.2, 0.25) is 0 Å². The second-order valence-electron chi connectivity index (χ2n) is 4.39. The van der Waals surface area contributed by atoms with Gasteiger partial charge < -0.3 is 18.9 Å². The summed E-state index contributed by atoms with van der Waals surface area (Å²) in [5.41, 5.74) is 0. The molecule has 0 unspecified atom stereocenters. The predicted octanol–water partition coefficient (Wildman–Crippen LogP) is 2.88. The summed E-state index contributed by atoms with van der Waals surface area (Å²) in [6.45, 7) is 6.47. The van der Waals surface area contributed by atoms with Gasteiger partial charge in [0.15, 0.2) is 0 Å². The molecule has 0 aromatic carbocycles. The van der Waals surface area contributed by atoms with Crippen LogP contribution >= 0.6 is 7.60 Å². The molecule has 9 nitrogen and oxygen atoms in total. The Morgan fingerprint density at radius 2 is 1.19 bits per heavy atom. The number of rotatable bonds is 8. The van der Waals surface area contributed by atoms with Gasteiger partial charge in [-0.05, 0) is 27.7 Å². The molecule has 0 atom stereocenters. The van der Waals surface area contributed by atoms with Gasteiger partial charge in [-0.1, -0.05) is 0 Å². The van der Waals surface area contributed by atoms with Crippen molar-refractivity contribution in [2.24, 2.45) is 0 Å². The topological polar surface area (TPSA) is 107 Å². The second-order valence-corrected chi connectivity index (χ2v) is 6.45. The average molecular weight is 328 g/mol. The second kappa shape index (κ2) is 9.59. The van der Waals surface area contributed by atoms with E-state index in [0.29, 0.717) is 0 Å². The summed E-state index contributed by atoms with van der Waals surface area (Å²) in [4.78, 5) is 22.0. The summed E-state index contributed by atoms with van der Waals surface area (Å²) in [7, 11) is -3.54. The van der Waals surface area contributed by atoms with E-state index in [0.717, 1.165) is 6.66 Å². The van der Waals surface area contributed by atoms with Crippen molar-refractivity contribution < 1.29 is 42.1 Å². The maximum atomic E-state index is 11.7. The minimum atomic E-state index is -3.54. The number of hydrogen-bond acceptors (Lipinski definition) is 9. The first-order valence-electron chi connectivity index (χ1n) is 6.16. The quantitative estimate of drug-likeness (QED) is 0.377. The van der Waals surface area contributed by atoms with Gasteiger partial charge >= 0.3 is 19.9 Å². The van der Waals surface area contributed by atoms with Gasteiger partial charge in [-0.2, -0.15) is 0 Å². The monoisotopic (exact) mass is 328 g/mol. The molecule has 0 heterocycles. The van der Waals surface area contributed by atoms with E-state index >= 15 is 0 Å². The van der Waals surface area contributed by atoms with Crippen LogP contribution in [0.3, 0.4) is 0 Å². The van der Waals surface area contributed by atoms with E-state index in [9.17, 15) is 14.2 Å². The third kappa shape index (κ3) is 12.2. The molecule has 0 N–H and O–H groups in total. The summed E-state index contributed by atoms with van der Waals surface area (Å²) >= 11 is 0. The van der Waals surface area contributed by atoms with Crippen molar-refractivity contribution in [1.82, 2.24) is 0 Å². The molecule has 0 spiro atoms. The Morgan fingerprint density at radius 1 is 0.857 bits per heavy atom. The van der Waals surface area contributed by atoms with Gasteiger partial charge in [-0.25, -0.2) is 9.59 Å². The first kappa shape index (κ1) is 19.7. The smallest absolute Gasteiger partial charge is 0.432 e. The zero-order valence-electron chi connectivity index (χ0n) is 12.7. The summed E-state index contributed by atoms with van der Waals surface area (Å²) in [5.74, 6) is 0. The Bertz CT molecular complexity index is 348. The molecule has 0 rings (SSSR count). The number of ether oxygens (including phenoxy) is 4. The van der Waals surface area contributed by atoms with Gasteiger partial charge in [0.1, 0.15) is 0 Å². The van der Waals surface area contributed by atoms with Gasteiger partial charge in [-0.3, -0.25) is 13.6 Å². The lowest BCUT2D eigenvalue weighted by atomic mass is 10.5. The Kier molecular flexibility index (Phi) is 9.00. The largest absolute Gasteiger partial charge is 0.510 e. The molecule has 0 amide bonds. The molecule has 10 heteroatoms. The molecule has 124 valence electrons. The van der Waals surface area contributed by atoms with Crippen LogP contribution in [-0.4, -0.2) is 44.8 Å². The van der Waals surface area contributed by atoms with Crippen LogP contribution < -0.4 is 0 Å². The van der Waals surface area contributed by atoms with E-state index in [2.05, 4.69) is 18.9 Å². The molecular weight excluding hydrogens is 307 g/mol. The molecule has 0 aliphatic heterocycles. The molecule has 0 aromatic heterocycles. The molecule has 0 aromatic rings. The van der Waals surface area contributed by atoms with Gasteiger partial charge in [0.25, 0.3) is 0 Å². The highest BCUT2D eigenvalue weighted by atomic mass is 31.2. The summed E-state index contributed by atoms with van der Waals surface area (Å²) in [6.07, 6.45) is -2.60. The maximum Gasteiger partial charge on any atom is 0.510 e. The lowest BCUT2D eigenvalue weighted by Gasteiger charge is -2.15. The van der Waals surface area contributed by atoms with Crippen LogP contribution in [-0.2, 0) is 32.6 Å². The standard InChI is InChI=1S/C11H21O9P/c1-8(2)19-10(12)15-6-17-21(5,14)18-7-16-11(13)20-9(3)4/h8-9H,6-7H2,1-5H3. The van der Waals surface area contributed by atoms with Gasteiger partial charge in [0, 0.05) is 6.66 Å². The molecule has 0 saturated heterocycles. The van der Waals surface area contributed by atoms with Crippen molar-refractivity contribution >= 4 is 19.9 Å². The minimum absolute atomic E-state index is 0.345. The molecular formula is C11H21O9P. The van der Waals surface area contributed by atoms with E-state index < -0.39 is 33.5 Å². The van der Waals surface area contributed by atoms with E-state index in [1.807, 2.05) is 0 Å². The molecule has 0 aliphatic carbocycles. The zero-order valence-corrected chi connectivity index (χ0v) is 13.6. The van der Waals surface area contributed by atoms with Crippen molar-refractivity contribution in [3.05, 3.63) is 0 Å². The van der Waals surface area contributed by atoms with Crippen molar-refractivity contribution in [2.45, 2.75) is 39.9 Å². The fourth-order valence-corrected chi connectivity index (χ4v) is 1.39. The maximum absolute atomic E-state index is 11.7. The zero-order chi connectivity index (χ0) is 16.5. The molecule has 0 aliphatic rings. The molecule has 0 saturated carbocycles. The van der Waals surface area contributed by atoms with Crippen molar-refractivity contribution in [3.63, 3.8) is 0 Å². The Hall–Kier alpha value is -1.31. The first-order chi connectivity index (χ1) is 9.62. The third-order valence-electron chi connectivity index (χ3n) is 1.59.